The van der Waals surface area contributed by atoms with Gasteiger partial charge in [-0.05, 0) is 94.3 Å². The lowest BCUT2D eigenvalue weighted by Crippen LogP contribution is -2.55. The average molecular weight is 830 g/mol. The number of halogens is 2. The first-order valence-corrected chi connectivity index (χ1v) is 20.3. The summed E-state index contributed by atoms with van der Waals surface area (Å²) in [5.74, 6) is 0.512. The third-order valence-electron chi connectivity index (χ3n) is 10.9. The highest BCUT2D eigenvalue weighted by atomic mass is 35.5. The smallest absolute Gasteiger partial charge is 0.326 e. The Labute approximate surface area is 352 Å². The molecule has 8 rings (SSSR count). The number of benzene rings is 5. The molecule has 10 nitrogen and oxygen atoms in total. The van der Waals surface area contributed by atoms with Gasteiger partial charge < -0.3 is 24.6 Å². The number of carboxylic acids is 1. The molecule has 0 aliphatic carbocycles. The molecule has 1 amide bonds. The van der Waals surface area contributed by atoms with Crippen LogP contribution in [0.4, 0.5) is 0 Å². The van der Waals surface area contributed by atoms with Crippen LogP contribution in [0.25, 0.3) is 11.1 Å². The molecule has 4 atom stereocenters. The fourth-order valence-corrected chi connectivity index (χ4v) is 8.14. The predicted octanol–water partition coefficient (Wildman–Crippen LogP) is 9.23. The topological polar surface area (TPSA) is 123 Å². The van der Waals surface area contributed by atoms with E-state index >= 15 is 0 Å². The summed E-state index contributed by atoms with van der Waals surface area (Å²) < 4.78 is 18.8. The molecule has 0 bridgehead atoms. The minimum Gasteiger partial charge on any atom is -0.489 e. The van der Waals surface area contributed by atoms with Crippen LogP contribution in [0.3, 0.4) is 0 Å². The van der Waals surface area contributed by atoms with Gasteiger partial charge in [0.1, 0.15) is 25.0 Å². The molecule has 0 spiro atoms. The second-order valence-corrected chi connectivity index (χ2v) is 15.6. The van der Waals surface area contributed by atoms with E-state index in [2.05, 4.69) is 39.5 Å². The molecule has 300 valence electrons. The van der Waals surface area contributed by atoms with E-state index in [1.54, 1.807) is 24.5 Å². The highest BCUT2D eigenvalue weighted by molar-refractivity contribution is 6.42. The van der Waals surface area contributed by atoms with E-state index in [1.165, 1.54) is 0 Å². The summed E-state index contributed by atoms with van der Waals surface area (Å²) in [5.41, 5.74) is 7.55. The Morgan fingerprint density at radius 2 is 1.63 bits per heavy atom. The highest BCUT2D eigenvalue weighted by Crippen LogP contribution is 2.42. The Morgan fingerprint density at radius 1 is 0.864 bits per heavy atom. The van der Waals surface area contributed by atoms with Gasteiger partial charge in [0.25, 0.3) is 0 Å². The maximum absolute atomic E-state index is 14.4. The standard InChI is InChI=1S/C47H42Cl2N4O6/c1-2-41(32-6-4-3-5-7-32)53-26-36-24-44-43(58-28-45(59-44)33-13-15-37(16-14-33)57-27-30-10-17-38(48)39(49)20-30)23-35(36)22-42(53)46(54)52-40(47(55)56)21-29-8-11-31(12-9-29)34-18-19-50-51-25-34/h3-20,23-25,40-42,45H,2,21-22,26-28H2,1H3,(H,52,54)(H,55,56)/t40-,41-,42-,45+/m0/s1. The van der Waals surface area contributed by atoms with Crippen molar-refractivity contribution in [1.82, 2.24) is 20.4 Å². The van der Waals surface area contributed by atoms with Crippen LogP contribution in [-0.2, 0) is 35.6 Å². The Balaban J connectivity index is 0.992. The second-order valence-electron chi connectivity index (χ2n) is 14.7. The summed E-state index contributed by atoms with van der Waals surface area (Å²) >= 11 is 12.2. The number of ether oxygens (including phenoxy) is 3. The molecule has 0 radical (unpaired) electrons. The van der Waals surface area contributed by atoms with Gasteiger partial charge in [-0.2, -0.15) is 10.2 Å². The first-order valence-electron chi connectivity index (χ1n) is 19.5. The molecule has 3 heterocycles. The minimum absolute atomic E-state index is 0.100. The van der Waals surface area contributed by atoms with Crippen LogP contribution in [0, 0.1) is 0 Å². The van der Waals surface area contributed by atoms with Crippen LogP contribution in [0.5, 0.6) is 17.2 Å². The quantitative estimate of drug-likeness (QED) is 0.117. The lowest BCUT2D eigenvalue weighted by molar-refractivity contribution is -0.143. The van der Waals surface area contributed by atoms with E-state index in [-0.39, 0.29) is 24.5 Å². The molecule has 0 saturated carbocycles. The number of hydrogen-bond acceptors (Lipinski definition) is 8. The predicted molar refractivity (Wildman–Crippen MR) is 226 cm³/mol. The summed E-state index contributed by atoms with van der Waals surface area (Å²) in [6.07, 6.45) is 4.20. The van der Waals surface area contributed by atoms with Crippen molar-refractivity contribution in [1.29, 1.82) is 0 Å². The van der Waals surface area contributed by atoms with Crippen molar-refractivity contribution < 1.29 is 28.9 Å². The first kappa shape index (κ1) is 39.9. The molecular weight excluding hydrogens is 787 g/mol. The van der Waals surface area contributed by atoms with Gasteiger partial charge in [-0.15, -0.1) is 0 Å². The molecule has 12 heteroatoms. The molecular formula is C47H42Cl2N4O6. The van der Waals surface area contributed by atoms with E-state index in [0.717, 1.165) is 50.9 Å². The number of carbonyl (C=O) groups is 2. The number of fused-ring (bicyclic) bond motifs is 2. The lowest BCUT2D eigenvalue weighted by Gasteiger charge is -2.42. The third kappa shape index (κ3) is 9.20. The van der Waals surface area contributed by atoms with Crippen LogP contribution in [0.2, 0.25) is 10.0 Å². The second kappa shape index (κ2) is 17.9. The molecule has 2 N–H and O–H groups in total. The monoisotopic (exact) mass is 828 g/mol. The number of aliphatic carboxylic acids is 1. The average Bonchev–Trinajstić information content (AvgIpc) is 3.26. The molecule has 0 saturated heterocycles. The van der Waals surface area contributed by atoms with Crippen molar-refractivity contribution in [2.45, 2.75) is 63.6 Å². The van der Waals surface area contributed by atoms with E-state index < -0.39 is 18.1 Å². The van der Waals surface area contributed by atoms with Crippen molar-refractivity contribution in [3.8, 4) is 28.4 Å². The van der Waals surface area contributed by atoms with Crippen molar-refractivity contribution in [3.05, 3.63) is 171 Å². The summed E-state index contributed by atoms with van der Waals surface area (Å²) in [6, 6.07) is 34.9. The number of amides is 1. The van der Waals surface area contributed by atoms with Gasteiger partial charge in [-0.25, -0.2) is 4.79 Å². The number of hydrogen-bond donors (Lipinski definition) is 2. The van der Waals surface area contributed by atoms with E-state index in [1.807, 2.05) is 91.0 Å². The largest absolute Gasteiger partial charge is 0.489 e. The van der Waals surface area contributed by atoms with Gasteiger partial charge in [0.2, 0.25) is 5.91 Å². The molecule has 5 aromatic carbocycles. The molecule has 2 aliphatic heterocycles. The third-order valence-corrected chi connectivity index (χ3v) is 11.7. The van der Waals surface area contributed by atoms with Gasteiger partial charge in [-0.1, -0.05) is 103 Å². The fraction of sp³-hybridized carbons (Fsp3) is 0.234. The van der Waals surface area contributed by atoms with Gasteiger partial charge in [0, 0.05) is 24.6 Å². The van der Waals surface area contributed by atoms with Crippen LogP contribution >= 0.6 is 23.2 Å². The summed E-state index contributed by atoms with van der Waals surface area (Å²) in [5, 5.41) is 22.0. The van der Waals surface area contributed by atoms with Crippen LogP contribution < -0.4 is 19.5 Å². The lowest BCUT2D eigenvalue weighted by atomic mass is 9.89. The zero-order valence-corrected chi connectivity index (χ0v) is 33.8. The van der Waals surface area contributed by atoms with Crippen LogP contribution in [0.15, 0.2) is 128 Å². The van der Waals surface area contributed by atoms with Gasteiger partial charge in [0.05, 0.1) is 28.5 Å². The van der Waals surface area contributed by atoms with Crippen LogP contribution in [-0.4, -0.2) is 50.8 Å². The number of nitrogens with one attached hydrogen (secondary N) is 1. The fourth-order valence-electron chi connectivity index (χ4n) is 7.82. The molecule has 0 unspecified atom stereocenters. The van der Waals surface area contributed by atoms with Crippen molar-refractivity contribution in [3.63, 3.8) is 0 Å². The molecule has 2 aliphatic rings. The van der Waals surface area contributed by atoms with Gasteiger partial charge >= 0.3 is 5.97 Å². The van der Waals surface area contributed by atoms with Crippen molar-refractivity contribution in [2.75, 3.05) is 6.61 Å². The maximum atomic E-state index is 14.4. The number of rotatable bonds is 13. The SMILES string of the molecule is CC[C@@H](c1ccccc1)N1Cc2cc3c(cc2C[C@H]1C(=O)N[C@@H](Cc1ccc(-c2ccnnc2)cc1)C(=O)O)OC[C@H](c1ccc(OCc2ccc(Cl)c(Cl)c2)cc1)O3. The number of aromatic nitrogens is 2. The van der Waals surface area contributed by atoms with E-state index in [0.29, 0.717) is 53.5 Å². The van der Waals surface area contributed by atoms with Crippen molar-refractivity contribution >= 4 is 35.1 Å². The molecule has 59 heavy (non-hydrogen) atoms. The van der Waals surface area contributed by atoms with Crippen molar-refractivity contribution in [2.24, 2.45) is 0 Å². The minimum atomic E-state index is -1.13. The Kier molecular flexibility index (Phi) is 12.1. The number of nitrogens with zero attached hydrogens (tertiary/aromatic N) is 3. The first-order chi connectivity index (χ1) is 28.7. The Morgan fingerprint density at radius 3 is 2.34 bits per heavy atom. The molecule has 0 fully saturated rings. The summed E-state index contributed by atoms with van der Waals surface area (Å²) in [7, 11) is 0. The zero-order valence-electron chi connectivity index (χ0n) is 32.3. The molecule has 6 aromatic rings. The Bertz CT molecular complexity index is 2420. The number of carbonyl (C=O) groups excluding carboxylic acids is 1. The van der Waals surface area contributed by atoms with E-state index in [9.17, 15) is 14.7 Å². The molecule has 1 aromatic heterocycles. The zero-order chi connectivity index (χ0) is 40.9. The Hall–Kier alpha value is -5.94. The highest BCUT2D eigenvalue weighted by Gasteiger charge is 2.38. The van der Waals surface area contributed by atoms with E-state index in [4.69, 9.17) is 37.4 Å². The van der Waals surface area contributed by atoms with Crippen LogP contribution in [0.1, 0.15) is 58.9 Å². The van der Waals surface area contributed by atoms with Gasteiger partial charge in [-0.3, -0.25) is 9.69 Å². The summed E-state index contributed by atoms with van der Waals surface area (Å²) in [6.45, 7) is 3.21. The van der Waals surface area contributed by atoms with Gasteiger partial charge in [0.15, 0.2) is 17.6 Å². The maximum Gasteiger partial charge on any atom is 0.326 e. The summed E-state index contributed by atoms with van der Waals surface area (Å²) in [4.78, 5) is 29.2. The number of carboxylic acid groups (broad SMARTS) is 1. The normalized spacial score (nSPS) is 17.0.